The third kappa shape index (κ3) is 3.49. The molecule has 0 fully saturated rings. The van der Waals surface area contributed by atoms with Gasteiger partial charge in [0.2, 0.25) is 0 Å². The third-order valence-corrected chi connectivity index (χ3v) is 1.78. The Kier molecular flexibility index (Phi) is 3.98. The Morgan fingerprint density at radius 2 is 1.33 bits per heavy atom. The number of alkyl halides is 8. The molecule has 0 rings (SSSR count). The van der Waals surface area contributed by atoms with E-state index in [0.717, 1.165) is 6.92 Å². The summed E-state index contributed by atoms with van der Waals surface area (Å²) in [6.07, 6.45) is -13.2. The fourth-order valence-electron chi connectivity index (χ4n) is 0.712. The lowest BCUT2D eigenvalue weighted by Gasteiger charge is -2.25. The Morgan fingerprint density at radius 1 is 0.933 bits per heavy atom. The predicted molar refractivity (Wildman–Crippen MR) is 35.8 cm³/mol. The standard InChI is InChI=1S/C7H8F8/c1-2-5(9,10)4(8)3-6(11,12)7(13,14)15/h4H,2-3H2,1H3/t4-/m0/s1. The van der Waals surface area contributed by atoms with Gasteiger partial charge in [0.25, 0.3) is 5.92 Å². The van der Waals surface area contributed by atoms with Gasteiger partial charge in [0.1, 0.15) is 0 Å². The van der Waals surface area contributed by atoms with E-state index in [1.54, 1.807) is 0 Å². The van der Waals surface area contributed by atoms with Crippen LogP contribution in [0.2, 0.25) is 0 Å². The van der Waals surface area contributed by atoms with Crippen molar-refractivity contribution in [1.29, 1.82) is 0 Å². The van der Waals surface area contributed by atoms with Gasteiger partial charge in [-0.1, -0.05) is 6.92 Å². The van der Waals surface area contributed by atoms with Gasteiger partial charge in [-0.05, 0) is 0 Å². The molecule has 0 aromatic heterocycles. The van der Waals surface area contributed by atoms with Crippen LogP contribution in [0.4, 0.5) is 35.1 Å². The molecule has 0 radical (unpaired) electrons. The summed E-state index contributed by atoms with van der Waals surface area (Å²) in [4.78, 5) is 0. The van der Waals surface area contributed by atoms with E-state index in [1.165, 1.54) is 0 Å². The minimum Gasteiger partial charge on any atom is -0.241 e. The van der Waals surface area contributed by atoms with Crippen molar-refractivity contribution in [2.24, 2.45) is 0 Å². The molecule has 0 saturated carbocycles. The molecule has 0 N–H and O–H groups in total. The maximum absolute atomic E-state index is 12.5. The molecule has 0 nitrogen and oxygen atoms in total. The van der Waals surface area contributed by atoms with Crippen LogP contribution in [0.15, 0.2) is 0 Å². The Morgan fingerprint density at radius 3 is 1.60 bits per heavy atom. The van der Waals surface area contributed by atoms with Crippen LogP contribution in [0, 0.1) is 0 Å². The van der Waals surface area contributed by atoms with Crippen molar-refractivity contribution in [2.75, 3.05) is 0 Å². The molecule has 0 bridgehead atoms. The molecule has 0 amide bonds. The van der Waals surface area contributed by atoms with Crippen LogP contribution in [0.1, 0.15) is 19.8 Å². The molecule has 0 heterocycles. The molecule has 0 aromatic rings. The predicted octanol–water partition coefficient (Wildman–Crippen LogP) is 3.96. The van der Waals surface area contributed by atoms with E-state index in [9.17, 15) is 35.1 Å². The van der Waals surface area contributed by atoms with Crippen molar-refractivity contribution in [3.63, 3.8) is 0 Å². The molecular weight excluding hydrogens is 236 g/mol. The van der Waals surface area contributed by atoms with Crippen LogP contribution in [0.5, 0.6) is 0 Å². The molecule has 8 heteroatoms. The summed E-state index contributed by atoms with van der Waals surface area (Å²) >= 11 is 0. The van der Waals surface area contributed by atoms with E-state index >= 15 is 0 Å². The average molecular weight is 244 g/mol. The van der Waals surface area contributed by atoms with Crippen LogP contribution in [0.25, 0.3) is 0 Å². The summed E-state index contributed by atoms with van der Waals surface area (Å²) < 4.78 is 96.1. The van der Waals surface area contributed by atoms with E-state index in [0.29, 0.717) is 0 Å². The number of rotatable bonds is 4. The summed E-state index contributed by atoms with van der Waals surface area (Å²) in [5, 5.41) is 0. The Hall–Kier alpha value is -0.560. The molecule has 0 aliphatic heterocycles. The monoisotopic (exact) mass is 244 g/mol. The highest BCUT2D eigenvalue weighted by Crippen LogP contribution is 2.42. The Labute approximate surface area is 80.3 Å². The van der Waals surface area contributed by atoms with Gasteiger partial charge in [0.15, 0.2) is 6.17 Å². The molecule has 92 valence electrons. The zero-order valence-electron chi connectivity index (χ0n) is 7.52. The van der Waals surface area contributed by atoms with Gasteiger partial charge in [0, 0.05) is 6.42 Å². The van der Waals surface area contributed by atoms with Crippen LogP contribution < -0.4 is 0 Å². The summed E-state index contributed by atoms with van der Waals surface area (Å²) in [5.41, 5.74) is 0. The number of hydrogen-bond acceptors (Lipinski definition) is 0. The molecule has 0 spiro atoms. The molecule has 0 aliphatic rings. The second kappa shape index (κ2) is 4.13. The zero-order valence-corrected chi connectivity index (χ0v) is 7.52. The van der Waals surface area contributed by atoms with Crippen molar-refractivity contribution in [3.05, 3.63) is 0 Å². The number of hydrogen-bond donors (Lipinski definition) is 0. The maximum Gasteiger partial charge on any atom is 0.453 e. The summed E-state index contributed by atoms with van der Waals surface area (Å²) in [5.74, 6) is -9.61. The number of halogens is 8. The zero-order chi connectivity index (χ0) is 12.5. The van der Waals surface area contributed by atoms with Crippen molar-refractivity contribution in [1.82, 2.24) is 0 Å². The van der Waals surface area contributed by atoms with E-state index < -0.39 is 37.0 Å². The minimum atomic E-state index is -6.01. The van der Waals surface area contributed by atoms with E-state index in [4.69, 9.17) is 0 Å². The normalized spacial score (nSPS) is 16.6. The van der Waals surface area contributed by atoms with E-state index in [-0.39, 0.29) is 0 Å². The van der Waals surface area contributed by atoms with Gasteiger partial charge in [-0.15, -0.1) is 0 Å². The molecule has 1 atom stereocenters. The van der Waals surface area contributed by atoms with E-state index in [2.05, 4.69) is 0 Å². The lowest BCUT2D eigenvalue weighted by molar-refractivity contribution is -0.293. The largest absolute Gasteiger partial charge is 0.453 e. The van der Waals surface area contributed by atoms with Gasteiger partial charge in [-0.3, -0.25) is 0 Å². The Bertz CT molecular complexity index is 206. The van der Waals surface area contributed by atoms with Crippen molar-refractivity contribution >= 4 is 0 Å². The highest BCUT2D eigenvalue weighted by molar-refractivity contribution is 4.85. The Balaban J connectivity index is 4.61. The molecule has 0 aliphatic carbocycles. The quantitative estimate of drug-likeness (QED) is 0.656. The highest BCUT2D eigenvalue weighted by atomic mass is 19.4. The smallest absolute Gasteiger partial charge is 0.241 e. The van der Waals surface area contributed by atoms with Crippen LogP contribution in [-0.2, 0) is 0 Å². The van der Waals surface area contributed by atoms with Crippen molar-refractivity contribution < 1.29 is 35.1 Å². The molecule has 0 aromatic carbocycles. The first-order chi connectivity index (χ1) is 6.44. The highest BCUT2D eigenvalue weighted by Gasteiger charge is 2.60. The van der Waals surface area contributed by atoms with Gasteiger partial charge in [-0.2, -0.15) is 22.0 Å². The summed E-state index contributed by atoms with van der Waals surface area (Å²) in [7, 11) is 0. The second-order valence-corrected chi connectivity index (χ2v) is 2.99. The lowest BCUT2D eigenvalue weighted by Crippen LogP contribution is -2.43. The third-order valence-electron chi connectivity index (χ3n) is 1.78. The van der Waals surface area contributed by atoms with Crippen molar-refractivity contribution in [2.45, 2.75) is 44.0 Å². The van der Waals surface area contributed by atoms with Crippen molar-refractivity contribution in [3.8, 4) is 0 Å². The van der Waals surface area contributed by atoms with Crippen LogP contribution in [-0.4, -0.2) is 24.2 Å². The topological polar surface area (TPSA) is 0 Å². The average Bonchev–Trinajstić information content (AvgIpc) is 2.01. The van der Waals surface area contributed by atoms with Crippen LogP contribution >= 0.6 is 0 Å². The second-order valence-electron chi connectivity index (χ2n) is 2.99. The van der Waals surface area contributed by atoms with E-state index in [1.807, 2.05) is 0 Å². The van der Waals surface area contributed by atoms with Gasteiger partial charge < -0.3 is 0 Å². The first kappa shape index (κ1) is 14.4. The first-order valence-electron chi connectivity index (χ1n) is 3.90. The summed E-state index contributed by atoms with van der Waals surface area (Å²) in [6.45, 7) is 0.790. The fourth-order valence-corrected chi connectivity index (χ4v) is 0.712. The van der Waals surface area contributed by atoms with Gasteiger partial charge in [-0.25, -0.2) is 13.2 Å². The van der Waals surface area contributed by atoms with Crippen LogP contribution in [0.3, 0.4) is 0 Å². The molecule has 15 heavy (non-hydrogen) atoms. The molecular formula is C7H8F8. The van der Waals surface area contributed by atoms with Gasteiger partial charge >= 0.3 is 12.1 Å². The molecule has 0 saturated heterocycles. The molecule has 0 unspecified atom stereocenters. The first-order valence-corrected chi connectivity index (χ1v) is 3.90. The SMILES string of the molecule is CCC(F)(F)[C@@H](F)CC(F)(F)C(F)(F)F. The fraction of sp³-hybridized carbons (Fsp3) is 1.00. The maximum atomic E-state index is 12.5. The minimum absolute atomic E-state index is 0.790. The lowest BCUT2D eigenvalue weighted by atomic mass is 10.0. The van der Waals surface area contributed by atoms with Gasteiger partial charge in [0.05, 0.1) is 6.42 Å². The summed E-state index contributed by atoms with van der Waals surface area (Å²) in [6, 6.07) is 0.